The molecule has 3 heterocycles. The van der Waals surface area contributed by atoms with E-state index in [9.17, 15) is 19.0 Å². The molecular formula is C23H29N7O4S. The minimum absolute atomic E-state index is 0.0655. The average molecular weight is 500 g/mol. The van der Waals surface area contributed by atoms with Crippen molar-refractivity contribution in [1.82, 2.24) is 30.4 Å². The number of nitrogens with one attached hydrogen (secondary N) is 2. The number of rotatable bonds is 7. The molecule has 0 radical (unpaired) electrons. The lowest BCUT2D eigenvalue weighted by molar-refractivity contribution is -0.131. The number of aromatic nitrogens is 4. The molecular weight excluding hydrogens is 470 g/mol. The number of H-pyrrole nitrogens is 1. The Kier molecular flexibility index (Phi) is 6.47. The zero-order valence-electron chi connectivity index (χ0n) is 19.3. The normalized spacial score (nSPS) is 20.7. The number of hydrogen-bond acceptors (Lipinski definition) is 9. The van der Waals surface area contributed by atoms with Crippen molar-refractivity contribution in [2.75, 3.05) is 31.4 Å². The van der Waals surface area contributed by atoms with Crippen LogP contribution >= 0.6 is 10.8 Å². The van der Waals surface area contributed by atoms with Gasteiger partial charge in [0, 0.05) is 32.2 Å². The molecule has 1 saturated heterocycles. The highest BCUT2D eigenvalue weighted by Crippen LogP contribution is 2.50. The fraction of sp³-hybridized carbons (Fsp3) is 0.391. The van der Waals surface area contributed by atoms with Crippen molar-refractivity contribution in [3.05, 3.63) is 59.2 Å². The van der Waals surface area contributed by atoms with Gasteiger partial charge in [-0.2, -0.15) is 5.21 Å². The molecule has 35 heavy (non-hydrogen) atoms. The molecule has 0 aliphatic carbocycles. The Bertz CT molecular complexity index is 1210. The number of fused-ring (bicyclic) bond motifs is 1. The number of aliphatic hydroxyl groups excluding tert-OH is 1. The molecule has 2 aromatic carbocycles. The van der Waals surface area contributed by atoms with Gasteiger partial charge in [-0.15, -0.1) is 21.0 Å². The Labute approximate surface area is 204 Å². The van der Waals surface area contributed by atoms with E-state index in [0.29, 0.717) is 31.0 Å². The number of tetrazole rings is 1. The molecule has 0 saturated carbocycles. The standard InChI is InChI=1S/C23H29N7O4S/c1-29(22(32)10-15-5-6-18-14-35(33,34)26-20(18)9-15)21(13-30-8-7-19(31)12-30)16-3-2-4-17(11-16)23-24-27-28-25-23/h2-6,9,11,19,21,26,31,33-34H,7-8,10,12-14H2,1H3,(H,24,25,27,28)/t19?,21-/m1/s1. The van der Waals surface area contributed by atoms with Gasteiger partial charge in [0.05, 0.1) is 30.0 Å². The van der Waals surface area contributed by atoms with Gasteiger partial charge in [0.2, 0.25) is 11.7 Å². The summed E-state index contributed by atoms with van der Waals surface area (Å²) in [5.41, 5.74) is 4.02. The molecule has 2 aliphatic heterocycles. The third kappa shape index (κ3) is 5.31. The highest BCUT2D eigenvalue weighted by atomic mass is 32.3. The lowest BCUT2D eigenvalue weighted by atomic mass is 10.0. The summed E-state index contributed by atoms with van der Waals surface area (Å²) < 4.78 is 22.6. The first kappa shape index (κ1) is 23.7. The zero-order chi connectivity index (χ0) is 24.6. The molecule has 11 nitrogen and oxygen atoms in total. The first-order chi connectivity index (χ1) is 16.8. The molecule has 5 rings (SSSR count). The summed E-state index contributed by atoms with van der Waals surface area (Å²) in [6.45, 7) is 1.93. The van der Waals surface area contributed by atoms with E-state index >= 15 is 0 Å². The Balaban J connectivity index is 1.37. The van der Waals surface area contributed by atoms with Crippen LogP contribution in [0.15, 0.2) is 42.5 Å². The summed E-state index contributed by atoms with van der Waals surface area (Å²) in [7, 11) is -1.05. The summed E-state index contributed by atoms with van der Waals surface area (Å²) >= 11 is 0. The van der Waals surface area contributed by atoms with Crippen molar-refractivity contribution in [2.24, 2.45) is 0 Å². The predicted molar refractivity (Wildman–Crippen MR) is 133 cm³/mol. The van der Waals surface area contributed by atoms with Crippen molar-refractivity contribution in [3.8, 4) is 11.4 Å². The molecule has 1 amide bonds. The molecule has 1 fully saturated rings. The van der Waals surface area contributed by atoms with Crippen LogP contribution in [0.1, 0.15) is 29.2 Å². The Morgan fingerprint density at radius 2 is 2.14 bits per heavy atom. The fourth-order valence-electron chi connectivity index (χ4n) is 4.70. The minimum Gasteiger partial charge on any atom is -0.392 e. The number of amides is 1. The van der Waals surface area contributed by atoms with Gasteiger partial charge in [0.1, 0.15) is 0 Å². The van der Waals surface area contributed by atoms with Crippen LogP contribution in [0.5, 0.6) is 0 Å². The van der Waals surface area contributed by atoms with E-state index in [4.69, 9.17) is 0 Å². The maximum absolute atomic E-state index is 13.4. The average Bonchev–Trinajstić information content (AvgIpc) is 3.56. The maximum Gasteiger partial charge on any atom is 0.227 e. The lowest BCUT2D eigenvalue weighted by Gasteiger charge is -2.32. The van der Waals surface area contributed by atoms with Gasteiger partial charge >= 0.3 is 0 Å². The van der Waals surface area contributed by atoms with Crippen LogP contribution in [0.2, 0.25) is 0 Å². The predicted octanol–water partition coefficient (Wildman–Crippen LogP) is 2.27. The molecule has 3 aromatic rings. The summed E-state index contributed by atoms with van der Waals surface area (Å²) in [6.07, 6.45) is 0.539. The number of benzene rings is 2. The van der Waals surface area contributed by atoms with Crippen LogP contribution in [-0.2, 0) is 17.0 Å². The minimum atomic E-state index is -2.85. The van der Waals surface area contributed by atoms with Crippen LogP contribution in [0.25, 0.3) is 11.4 Å². The number of carbonyl (C=O) groups excluding carboxylic acids is 1. The van der Waals surface area contributed by atoms with Crippen molar-refractivity contribution in [3.63, 3.8) is 0 Å². The molecule has 12 heteroatoms. The van der Waals surface area contributed by atoms with E-state index in [-0.39, 0.29) is 30.2 Å². The van der Waals surface area contributed by atoms with Crippen LogP contribution in [0.4, 0.5) is 5.69 Å². The number of nitrogens with zero attached hydrogens (tertiary/aromatic N) is 5. The third-order valence-electron chi connectivity index (χ3n) is 6.57. The van der Waals surface area contributed by atoms with Gasteiger partial charge < -0.3 is 10.0 Å². The van der Waals surface area contributed by atoms with E-state index in [0.717, 1.165) is 28.8 Å². The summed E-state index contributed by atoms with van der Waals surface area (Å²) in [6, 6.07) is 13.0. The zero-order valence-corrected chi connectivity index (χ0v) is 20.1. The second-order valence-corrected chi connectivity index (χ2v) is 11.0. The fourth-order valence-corrected chi connectivity index (χ4v) is 6.00. The number of β-amino-alcohol motifs (C(OH)–C–C–N with tert-alkyl or cyclic N) is 1. The molecule has 5 N–H and O–H groups in total. The monoisotopic (exact) mass is 499 g/mol. The number of aliphatic hydroxyl groups is 1. The number of likely N-dealkylation sites (tertiary alicyclic amines) is 1. The Morgan fingerprint density at radius 1 is 1.29 bits per heavy atom. The van der Waals surface area contributed by atoms with Gasteiger partial charge in [-0.3, -0.25) is 23.5 Å². The summed E-state index contributed by atoms with van der Waals surface area (Å²) in [5.74, 6) is 0.591. The highest BCUT2D eigenvalue weighted by molar-refractivity contribution is 8.25. The lowest BCUT2D eigenvalue weighted by Crippen LogP contribution is -2.39. The topological polar surface area (TPSA) is 151 Å². The number of likely N-dealkylation sites (N-methyl/N-ethyl adjacent to an activating group) is 1. The second-order valence-electron chi connectivity index (χ2n) is 9.16. The van der Waals surface area contributed by atoms with Crippen LogP contribution < -0.4 is 4.72 Å². The van der Waals surface area contributed by atoms with Crippen molar-refractivity contribution >= 4 is 22.4 Å². The summed E-state index contributed by atoms with van der Waals surface area (Å²) in [5, 5.41) is 24.2. The first-order valence-electron chi connectivity index (χ1n) is 11.4. The van der Waals surface area contributed by atoms with E-state index in [2.05, 4.69) is 30.2 Å². The molecule has 1 unspecified atom stereocenters. The van der Waals surface area contributed by atoms with Crippen LogP contribution in [0.3, 0.4) is 0 Å². The van der Waals surface area contributed by atoms with Crippen molar-refractivity contribution in [1.29, 1.82) is 0 Å². The SMILES string of the molecule is CN(C(=O)Cc1ccc2c(c1)NS(O)(O)C2)[C@H](CN1CCC(O)C1)c1cccc(-c2nn[nH]n2)c1. The maximum atomic E-state index is 13.4. The molecule has 0 bridgehead atoms. The van der Waals surface area contributed by atoms with Gasteiger partial charge in [-0.05, 0) is 40.5 Å². The Hall–Kier alpha value is -3.03. The van der Waals surface area contributed by atoms with E-state index in [1.165, 1.54) is 0 Å². The van der Waals surface area contributed by atoms with E-state index in [1.54, 1.807) is 11.9 Å². The highest BCUT2D eigenvalue weighted by Gasteiger charge is 2.29. The largest absolute Gasteiger partial charge is 0.392 e. The second kappa shape index (κ2) is 9.55. The molecule has 2 aliphatic rings. The molecule has 1 aromatic heterocycles. The van der Waals surface area contributed by atoms with E-state index < -0.39 is 10.8 Å². The third-order valence-corrected chi connectivity index (χ3v) is 7.83. The van der Waals surface area contributed by atoms with Gasteiger partial charge in [-0.1, -0.05) is 30.3 Å². The van der Waals surface area contributed by atoms with Gasteiger partial charge in [0.25, 0.3) is 0 Å². The number of carbonyl (C=O) groups is 1. The first-order valence-corrected chi connectivity index (χ1v) is 13.1. The van der Waals surface area contributed by atoms with E-state index in [1.807, 2.05) is 42.5 Å². The molecule has 2 atom stereocenters. The van der Waals surface area contributed by atoms with Crippen LogP contribution in [-0.4, -0.2) is 83.3 Å². The molecule has 186 valence electrons. The molecule has 0 spiro atoms. The number of aromatic amines is 1. The number of hydrogen-bond donors (Lipinski definition) is 5. The summed E-state index contributed by atoms with van der Waals surface area (Å²) in [4.78, 5) is 17.3. The van der Waals surface area contributed by atoms with Crippen LogP contribution in [0, 0.1) is 0 Å². The smallest absolute Gasteiger partial charge is 0.227 e. The van der Waals surface area contributed by atoms with Gasteiger partial charge in [-0.25, -0.2) is 0 Å². The van der Waals surface area contributed by atoms with Crippen molar-refractivity contribution in [2.45, 2.75) is 30.7 Å². The number of anilines is 1. The Morgan fingerprint density at radius 3 is 2.89 bits per heavy atom. The van der Waals surface area contributed by atoms with Crippen molar-refractivity contribution < 1.29 is 19.0 Å². The van der Waals surface area contributed by atoms with Gasteiger partial charge in [0.15, 0.2) is 0 Å². The quantitative estimate of drug-likeness (QED) is 0.330.